The fourth-order valence-corrected chi connectivity index (χ4v) is 0.950. The van der Waals surface area contributed by atoms with Crippen molar-refractivity contribution in [3.05, 3.63) is 0 Å². The van der Waals surface area contributed by atoms with E-state index in [9.17, 15) is 9.59 Å². The molecule has 0 unspecified atom stereocenters. The first-order valence-electron chi connectivity index (χ1n) is 5.41. The number of amides is 2. The molecule has 0 saturated heterocycles. The average Bonchev–Trinajstić information content (AvgIpc) is 1.98. The molecule has 0 aliphatic rings. The molecule has 1 atom stereocenters. The van der Waals surface area contributed by atoms with E-state index in [-0.39, 0.29) is 12.1 Å². The third kappa shape index (κ3) is 7.09. The van der Waals surface area contributed by atoms with Gasteiger partial charge in [-0.05, 0) is 41.5 Å². The van der Waals surface area contributed by atoms with Gasteiger partial charge in [0.15, 0.2) is 0 Å². The summed E-state index contributed by atoms with van der Waals surface area (Å²) >= 11 is 0. The molecule has 0 heterocycles. The summed E-state index contributed by atoms with van der Waals surface area (Å²) in [4.78, 5) is 22.8. The lowest BCUT2D eigenvalue weighted by molar-refractivity contribution is -0.156. The predicted molar refractivity (Wildman–Crippen MR) is 62.1 cm³/mol. The number of rotatable bonds is 3. The van der Waals surface area contributed by atoms with Crippen molar-refractivity contribution in [3.8, 4) is 0 Å². The summed E-state index contributed by atoms with van der Waals surface area (Å²) in [6, 6.07) is -0.989. The largest absolute Gasteiger partial charge is 0.458 e. The number of carbonyl (C=O) groups is 2. The number of esters is 1. The van der Waals surface area contributed by atoms with Crippen LogP contribution in [-0.2, 0) is 9.53 Å². The monoisotopic (exact) mass is 230 g/mol. The normalized spacial score (nSPS) is 13.2. The highest BCUT2D eigenvalue weighted by Crippen LogP contribution is 2.08. The standard InChI is InChI=1S/C11H22N2O3/c1-7(2)12-10(15)13-8(3)9(14)16-11(4,5)6/h7-8H,1-6H3,(H2,12,13,15)/t8-/m1/s1. The zero-order chi connectivity index (χ0) is 12.9. The molecule has 94 valence electrons. The van der Waals surface area contributed by atoms with Crippen LogP contribution in [0, 0.1) is 0 Å². The lowest BCUT2D eigenvalue weighted by Gasteiger charge is -2.23. The fraction of sp³-hybridized carbons (Fsp3) is 0.818. The average molecular weight is 230 g/mol. The summed E-state index contributed by atoms with van der Waals surface area (Å²) in [5.41, 5.74) is -0.540. The Morgan fingerprint density at radius 1 is 1.06 bits per heavy atom. The van der Waals surface area contributed by atoms with E-state index in [1.165, 1.54) is 0 Å². The van der Waals surface area contributed by atoms with E-state index in [0.717, 1.165) is 0 Å². The Kier molecular flexibility index (Phi) is 5.27. The minimum absolute atomic E-state index is 0.0332. The van der Waals surface area contributed by atoms with Gasteiger partial charge in [-0.15, -0.1) is 0 Å². The molecule has 2 N–H and O–H groups in total. The van der Waals surface area contributed by atoms with Gasteiger partial charge in [-0.2, -0.15) is 0 Å². The van der Waals surface area contributed by atoms with Crippen LogP contribution < -0.4 is 10.6 Å². The molecule has 5 nitrogen and oxygen atoms in total. The van der Waals surface area contributed by atoms with E-state index in [4.69, 9.17) is 4.74 Å². The van der Waals surface area contributed by atoms with Gasteiger partial charge in [0, 0.05) is 6.04 Å². The number of hydrogen-bond donors (Lipinski definition) is 2. The van der Waals surface area contributed by atoms with Crippen LogP contribution in [0.25, 0.3) is 0 Å². The fourth-order valence-electron chi connectivity index (χ4n) is 0.950. The molecular formula is C11H22N2O3. The third-order valence-corrected chi connectivity index (χ3v) is 1.53. The van der Waals surface area contributed by atoms with Crippen molar-refractivity contribution in [2.24, 2.45) is 0 Å². The molecule has 0 aromatic heterocycles. The van der Waals surface area contributed by atoms with Gasteiger partial charge < -0.3 is 15.4 Å². The van der Waals surface area contributed by atoms with Gasteiger partial charge in [0.05, 0.1) is 0 Å². The number of hydrogen-bond acceptors (Lipinski definition) is 3. The zero-order valence-electron chi connectivity index (χ0n) is 10.9. The first-order valence-corrected chi connectivity index (χ1v) is 5.41. The first-order chi connectivity index (χ1) is 7.11. The quantitative estimate of drug-likeness (QED) is 0.721. The minimum atomic E-state index is -0.655. The Morgan fingerprint density at radius 3 is 1.94 bits per heavy atom. The first kappa shape index (κ1) is 14.7. The summed E-state index contributed by atoms with van der Waals surface area (Å²) in [6.45, 7) is 10.6. The van der Waals surface area contributed by atoms with Gasteiger partial charge in [0.2, 0.25) is 0 Å². The number of ether oxygens (including phenoxy) is 1. The van der Waals surface area contributed by atoms with Crippen LogP contribution in [-0.4, -0.2) is 29.7 Å². The van der Waals surface area contributed by atoms with Crippen molar-refractivity contribution in [3.63, 3.8) is 0 Å². The van der Waals surface area contributed by atoms with E-state index in [1.54, 1.807) is 27.7 Å². The highest BCUT2D eigenvalue weighted by atomic mass is 16.6. The SMILES string of the molecule is CC(C)NC(=O)N[C@H](C)C(=O)OC(C)(C)C. The second-order valence-corrected chi connectivity index (χ2v) is 5.03. The van der Waals surface area contributed by atoms with Crippen molar-refractivity contribution < 1.29 is 14.3 Å². The molecule has 5 heteroatoms. The molecule has 16 heavy (non-hydrogen) atoms. The van der Waals surface area contributed by atoms with E-state index in [2.05, 4.69) is 10.6 Å². The van der Waals surface area contributed by atoms with Crippen molar-refractivity contribution in [2.45, 2.75) is 59.2 Å². The van der Waals surface area contributed by atoms with Gasteiger partial charge in [-0.3, -0.25) is 0 Å². The number of urea groups is 1. The molecule has 0 radical (unpaired) electrons. The molecule has 0 saturated carbocycles. The van der Waals surface area contributed by atoms with Gasteiger partial charge in [-0.1, -0.05) is 0 Å². The van der Waals surface area contributed by atoms with Crippen LogP contribution in [0.5, 0.6) is 0 Å². The lowest BCUT2D eigenvalue weighted by atomic mass is 10.2. The summed E-state index contributed by atoms with van der Waals surface area (Å²) in [6.07, 6.45) is 0. The van der Waals surface area contributed by atoms with E-state index < -0.39 is 17.6 Å². The molecule has 0 bridgehead atoms. The molecule has 0 rings (SSSR count). The Morgan fingerprint density at radius 2 is 1.56 bits per heavy atom. The smallest absolute Gasteiger partial charge is 0.328 e. The molecular weight excluding hydrogens is 208 g/mol. The maximum atomic E-state index is 11.5. The van der Waals surface area contributed by atoms with Crippen molar-refractivity contribution in [1.82, 2.24) is 10.6 Å². The van der Waals surface area contributed by atoms with Crippen molar-refractivity contribution in [1.29, 1.82) is 0 Å². The number of carbonyl (C=O) groups excluding carboxylic acids is 2. The highest BCUT2D eigenvalue weighted by molar-refractivity contribution is 5.83. The molecule has 0 aliphatic carbocycles. The molecule has 0 spiro atoms. The van der Waals surface area contributed by atoms with Crippen LogP contribution >= 0.6 is 0 Å². The molecule has 0 aromatic rings. The van der Waals surface area contributed by atoms with Gasteiger partial charge in [0.25, 0.3) is 0 Å². The molecule has 0 aliphatic heterocycles. The van der Waals surface area contributed by atoms with Crippen molar-refractivity contribution >= 4 is 12.0 Å². The van der Waals surface area contributed by atoms with Crippen LogP contribution in [0.2, 0.25) is 0 Å². The Balaban J connectivity index is 4.11. The molecule has 0 fully saturated rings. The highest BCUT2D eigenvalue weighted by Gasteiger charge is 2.22. The van der Waals surface area contributed by atoms with E-state index in [1.807, 2.05) is 13.8 Å². The van der Waals surface area contributed by atoms with Gasteiger partial charge >= 0.3 is 12.0 Å². The van der Waals surface area contributed by atoms with Gasteiger partial charge in [0.1, 0.15) is 11.6 Å². The van der Waals surface area contributed by atoms with Crippen molar-refractivity contribution in [2.75, 3.05) is 0 Å². The second-order valence-electron chi connectivity index (χ2n) is 5.03. The van der Waals surface area contributed by atoms with Crippen LogP contribution in [0.15, 0.2) is 0 Å². The summed E-state index contributed by atoms with van der Waals surface area (Å²) in [5, 5.41) is 5.14. The van der Waals surface area contributed by atoms with Crippen LogP contribution in [0.1, 0.15) is 41.5 Å². The molecule has 2 amide bonds. The Bertz CT molecular complexity index is 256. The zero-order valence-corrected chi connectivity index (χ0v) is 10.9. The minimum Gasteiger partial charge on any atom is -0.458 e. The summed E-state index contributed by atoms with van der Waals surface area (Å²) in [5.74, 6) is -0.439. The maximum Gasteiger partial charge on any atom is 0.328 e. The second kappa shape index (κ2) is 5.72. The Labute approximate surface area is 96.9 Å². The maximum absolute atomic E-state index is 11.5. The van der Waals surface area contributed by atoms with Crippen LogP contribution in [0.4, 0.5) is 4.79 Å². The van der Waals surface area contributed by atoms with Crippen LogP contribution in [0.3, 0.4) is 0 Å². The third-order valence-electron chi connectivity index (χ3n) is 1.53. The summed E-state index contributed by atoms with van der Waals surface area (Å²) < 4.78 is 5.12. The Hall–Kier alpha value is -1.26. The predicted octanol–water partition coefficient (Wildman–Crippen LogP) is 1.42. The topological polar surface area (TPSA) is 67.4 Å². The lowest BCUT2D eigenvalue weighted by Crippen LogP contribution is -2.48. The molecule has 0 aromatic carbocycles. The number of nitrogens with one attached hydrogen (secondary N) is 2. The van der Waals surface area contributed by atoms with E-state index >= 15 is 0 Å². The summed E-state index contributed by atoms with van der Waals surface area (Å²) in [7, 11) is 0. The van der Waals surface area contributed by atoms with Gasteiger partial charge in [-0.25, -0.2) is 9.59 Å². The van der Waals surface area contributed by atoms with E-state index in [0.29, 0.717) is 0 Å².